The van der Waals surface area contributed by atoms with Crippen LogP contribution in [0.15, 0.2) is 30.6 Å². The van der Waals surface area contributed by atoms with Gasteiger partial charge in [0.15, 0.2) is 11.5 Å². The maximum atomic E-state index is 9.89. The van der Waals surface area contributed by atoms with Gasteiger partial charge in [0.05, 0.1) is 6.61 Å². The Morgan fingerprint density at radius 1 is 1.39 bits per heavy atom. The molecule has 0 aliphatic carbocycles. The van der Waals surface area contributed by atoms with Gasteiger partial charge in [0.1, 0.15) is 5.82 Å². The molecule has 1 aromatic heterocycles. The number of benzene rings is 1. The highest BCUT2D eigenvalue weighted by Crippen LogP contribution is 2.34. The van der Waals surface area contributed by atoms with E-state index in [9.17, 15) is 5.11 Å². The number of nitrogens with zero attached hydrogens (tertiary/aromatic N) is 3. The van der Waals surface area contributed by atoms with Crippen LogP contribution in [0.2, 0.25) is 0 Å². The number of hydrogen-bond acceptors (Lipinski definition) is 4. The van der Waals surface area contributed by atoms with E-state index in [2.05, 4.69) is 34.6 Å². The standard InChI is InChI=1S/C18H25N3O2/c1-4-23-17-12-14(5-6-16(17)22)18-19-8-10-21(18)15-7-9-20(3)13(2)11-15/h5-6,8,10,12-13,15,22H,4,7,9,11H2,1-3H3/t13-,15-/m1/s1. The first-order valence-corrected chi connectivity index (χ1v) is 8.29. The lowest BCUT2D eigenvalue weighted by atomic mass is 9.98. The van der Waals surface area contributed by atoms with Gasteiger partial charge in [-0.25, -0.2) is 4.98 Å². The van der Waals surface area contributed by atoms with Gasteiger partial charge in [-0.1, -0.05) is 0 Å². The Balaban J connectivity index is 1.90. The van der Waals surface area contributed by atoms with Gasteiger partial charge in [-0.2, -0.15) is 0 Å². The number of piperidine rings is 1. The molecule has 2 atom stereocenters. The number of hydrogen-bond donors (Lipinski definition) is 1. The minimum Gasteiger partial charge on any atom is -0.504 e. The second kappa shape index (κ2) is 6.62. The molecule has 1 aliphatic rings. The first-order chi connectivity index (χ1) is 11.1. The van der Waals surface area contributed by atoms with E-state index in [1.807, 2.05) is 25.3 Å². The lowest BCUT2D eigenvalue weighted by molar-refractivity contribution is 0.157. The molecule has 1 saturated heterocycles. The van der Waals surface area contributed by atoms with Crippen molar-refractivity contribution < 1.29 is 9.84 Å². The lowest BCUT2D eigenvalue weighted by Crippen LogP contribution is -2.38. The zero-order valence-corrected chi connectivity index (χ0v) is 14.1. The van der Waals surface area contributed by atoms with Crippen LogP contribution in [0.25, 0.3) is 11.4 Å². The fraction of sp³-hybridized carbons (Fsp3) is 0.500. The molecule has 2 aromatic rings. The van der Waals surface area contributed by atoms with E-state index < -0.39 is 0 Å². The van der Waals surface area contributed by atoms with Crippen molar-refractivity contribution >= 4 is 0 Å². The van der Waals surface area contributed by atoms with E-state index in [-0.39, 0.29) is 5.75 Å². The van der Waals surface area contributed by atoms with E-state index in [4.69, 9.17) is 4.74 Å². The summed E-state index contributed by atoms with van der Waals surface area (Å²) in [6.07, 6.45) is 6.16. The third kappa shape index (κ3) is 3.20. The summed E-state index contributed by atoms with van der Waals surface area (Å²) in [6, 6.07) is 6.48. The van der Waals surface area contributed by atoms with Crippen molar-refractivity contribution in [1.29, 1.82) is 0 Å². The van der Waals surface area contributed by atoms with Gasteiger partial charge in [-0.15, -0.1) is 0 Å². The summed E-state index contributed by atoms with van der Waals surface area (Å²) < 4.78 is 7.77. The number of likely N-dealkylation sites (tertiary alicyclic amines) is 1. The van der Waals surface area contributed by atoms with Gasteiger partial charge in [-0.3, -0.25) is 0 Å². The molecule has 0 amide bonds. The molecule has 5 nitrogen and oxygen atoms in total. The number of phenolic OH excluding ortho intramolecular Hbond substituents is 1. The van der Waals surface area contributed by atoms with E-state index in [0.29, 0.717) is 24.4 Å². The zero-order chi connectivity index (χ0) is 16.4. The summed E-state index contributed by atoms with van der Waals surface area (Å²) in [5.41, 5.74) is 0.975. The smallest absolute Gasteiger partial charge is 0.161 e. The predicted molar refractivity (Wildman–Crippen MR) is 90.9 cm³/mol. The van der Waals surface area contributed by atoms with Gasteiger partial charge >= 0.3 is 0 Å². The molecule has 1 N–H and O–H groups in total. The molecule has 1 aromatic carbocycles. The molecular formula is C18H25N3O2. The van der Waals surface area contributed by atoms with Crippen LogP contribution in [-0.2, 0) is 0 Å². The molecule has 0 bridgehead atoms. The number of phenols is 1. The maximum Gasteiger partial charge on any atom is 0.161 e. The fourth-order valence-corrected chi connectivity index (χ4v) is 3.27. The molecule has 1 fully saturated rings. The van der Waals surface area contributed by atoms with Gasteiger partial charge in [0.25, 0.3) is 0 Å². The number of aromatic nitrogens is 2. The maximum absolute atomic E-state index is 9.89. The van der Waals surface area contributed by atoms with Crippen LogP contribution < -0.4 is 4.74 Å². The normalized spacial score (nSPS) is 22.2. The Morgan fingerprint density at radius 3 is 2.96 bits per heavy atom. The van der Waals surface area contributed by atoms with Crippen LogP contribution in [0, 0.1) is 0 Å². The largest absolute Gasteiger partial charge is 0.504 e. The summed E-state index contributed by atoms with van der Waals surface area (Å²) in [5, 5.41) is 9.89. The summed E-state index contributed by atoms with van der Waals surface area (Å²) in [4.78, 5) is 6.95. The molecule has 0 unspecified atom stereocenters. The van der Waals surface area contributed by atoms with Crippen molar-refractivity contribution in [3.05, 3.63) is 30.6 Å². The summed E-state index contributed by atoms with van der Waals surface area (Å²) >= 11 is 0. The van der Waals surface area contributed by atoms with E-state index in [1.54, 1.807) is 6.07 Å². The Kier molecular flexibility index (Phi) is 4.57. The highest BCUT2D eigenvalue weighted by atomic mass is 16.5. The highest BCUT2D eigenvalue weighted by Gasteiger charge is 2.25. The SMILES string of the molecule is CCOc1cc(-c2nccn2[C@@H]2CCN(C)[C@H](C)C2)ccc1O. The van der Waals surface area contributed by atoms with E-state index in [0.717, 1.165) is 30.8 Å². The van der Waals surface area contributed by atoms with Crippen LogP contribution in [0.4, 0.5) is 0 Å². The Morgan fingerprint density at radius 2 is 2.22 bits per heavy atom. The molecule has 3 rings (SSSR count). The van der Waals surface area contributed by atoms with Crippen LogP contribution in [0.3, 0.4) is 0 Å². The minimum absolute atomic E-state index is 0.168. The second-order valence-electron chi connectivity index (χ2n) is 6.28. The topological polar surface area (TPSA) is 50.5 Å². The van der Waals surface area contributed by atoms with Crippen LogP contribution in [-0.4, -0.2) is 45.8 Å². The highest BCUT2D eigenvalue weighted by molar-refractivity contribution is 5.61. The van der Waals surface area contributed by atoms with Gasteiger partial charge in [0.2, 0.25) is 0 Å². The van der Waals surface area contributed by atoms with Crippen LogP contribution in [0.1, 0.15) is 32.7 Å². The second-order valence-corrected chi connectivity index (χ2v) is 6.28. The number of ether oxygens (including phenoxy) is 1. The quantitative estimate of drug-likeness (QED) is 0.940. The van der Waals surface area contributed by atoms with Crippen molar-refractivity contribution in [2.45, 2.75) is 38.8 Å². The number of aromatic hydroxyl groups is 1. The van der Waals surface area contributed by atoms with E-state index >= 15 is 0 Å². The Bertz CT molecular complexity index is 668. The predicted octanol–water partition coefficient (Wildman–Crippen LogP) is 3.31. The summed E-state index contributed by atoms with van der Waals surface area (Å²) in [5.74, 6) is 1.62. The number of imidazole rings is 1. The Hall–Kier alpha value is -2.01. The minimum atomic E-state index is 0.168. The monoisotopic (exact) mass is 315 g/mol. The average Bonchev–Trinajstić information content (AvgIpc) is 3.02. The summed E-state index contributed by atoms with van der Waals surface area (Å²) in [6.45, 7) is 5.81. The van der Waals surface area contributed by atoms with Crippen molar-refractivity contribution in [3.8, 4) is 22.9 Å². The average molecular weight is 315 g/mol. The summed E-state index contributed by atoms with van der Waals surface area (Å²) in [7, 11) is 2.18. The third-order valence-corrected chi connectivity index (χ3v) is 4.76. The van der Waals surface area contributed by atoms with Gasteiger partial charge in [0, 0.05) is 36.6 Å². The molecule has 1 aliphatic heterocycles. The third-order valence-electron chi connectivity index (χ3n) is 4.76. The fourth-order valence-electron chi connectivity index (χ4n) is 3.27. The van der Waals surface area contributed by atoms with Crippen molar-refractivity contribution in [2.75, 3.05) is 20.2 Å². The number of rotatable bonds is 4. The van der Waals surface area contributed by atoms with E-state index in [1.165, 1.54) is 0 Å². The van der Waals surface area contributed by atoms with Crippen molar-refractivity contribution in [1.82, 2.24) is 14.5 Å². The zero-order valence-electron chi connectivity index (χ0n) is 14.1. The van der Waals surface area contributed by atoms with Gasteiger partial charge < -0.3 is 19.3 Å². The van der Waals surface area contributed by atoms with Crippen molar-refractivity contribution in [2.24, 2.45) is 0 Å². The lowest BCUT2D eigenvalue weighted by Gasteiger charge is -2.36. The molecule has 5 heteroatoms. The van der Waals surface area contributed by atoms with Crippen LogP contribution in [0.5, 0.6) is 11.5 Å². The first kappa shape index (κ1) is 15.9. The Labute approximate surface area is 137 Å². The first-order valence-electron chi connectivity index (χ1n) is 8.29. The van der Waals surface area contributed by atoms with Crippen molar-refractivity contribution in [3.63, 3.8) is 0 Å². The molecule has 0 radical (unpaired) electrons. The van der Waals surface area contributed by atoms with Gasteiger partial charge in [-0.05, 0) is 51.9 Å². The molecule has 2 heterocycles. The molecule has 124 valence electrons. The molecule has 23 heavy (non-hydrogen) atoms. The van der Waals surface area contributed by atoms with Crippen LogP contribution >= 0.6 is 0 Å². The molecular weight excluding hydrogens is 290 g/mol. The molecule has 0 spiro atoms. The molecule has 0 saturated carbocycles.